The minimum atomic E-state index is -0.255. The van der Waals surface area contributed by atoms with Crippen molar-refractivity contribution in [2.24, 2.45) is 0 Å². The number of amides is 1. The first-order valence-corrected chi connectivity index (χ1v) is 5.82. The Kier molecular flexibility index (Phi) is 5.06. The summed E-state index contributed by atoms with van der Waals surface area (Å²) in [5.41, 5.74) is 6.62. The Morgan fingerprint density at radius 1 is 1.56 bits per heavy atom. The molecule has 4 heteroatoms. The maximum absolute atomic E-state index is 12.0. The van der Waals surface area contributed by atoms with Gasteiger partial charge in [0.1, 0.15) is 5.75 Å². The SMILES string of the molecule is C#CC(CCC)NC(=O)c1cc(N)cc(OC)c1. The molecule has 1 aromatic rings. The first-order valence-electron chi connectivity index (χ1n) is 5.82. The molecule has 1 rings (SSSR count). The molecule has 96 valence electrons. The predicted octanol–water partition coefficient (Wildman–Crippen LogP) is 1.81. The highest BCUT2D eigenvalue weighted by atomic mass is 16.5. The fourth-order valence-electron chi connectivity index (χ4n) is 1.60. The molecule has 1 aromatic carbocycles. The van der Waals surface area contributed by atoms with Gasteiger partial charge in [-0.15, -0.1) is 6.42 Å². The van der Waals surface area contributed by atoms with E-state index in [1.165, 1.54) is 7.11 Å². The van der Waals surface area contributed by atoms with E-state index in [0.717, 1.165) is 12.8 Å². The van der Waals surface area contributed by atoms with Crippen LogP contribution >= 0.6 is 0 Å². The van der Waals surface area contributed by atoms with Gasteiger partial charge in [0.25, 0.3) is 5.91 Å². The number of methoxy groups -OCH3 is 1. The van der Waals surface area contributed by atoms with E-state index in [2.05, 4.69) is 11.2 Å². The van der Waals surface area contributed by atoms with E-state index in [1.54, 1.807) is 18.2 Å². The van der Waals surface area contributed by atoms with Crippen LogP contribution in [0.3, 0.4) is 0 Å². The van der Waals surface area contributed by atoms with Crippen LogP contribution in [-0.4, -0.2) is 19.1 Å². The van der Waals surface area contributed by atoms with Crippen LogP contribution in [0.2, 0.25) is 0 Å². The molecule has 4 nitrogen and oxygen atoms in total. The van der Waals surface area contributed by atoms with Gasteiger partial charge in [0.15, 0.2) is 0 Å². The summed E-state index contributed by atoms with van der Waals surface area (Å²) in [5, 5.41) is 2.78. The molecule has 0 heterocycles. The monoisotopic (exact) mass is 246 g/mol. The number of nitrogens with one attached hydrogen (secondary N) is 1. The highest BCUT2D eigenvalue weighted by Crippen LogP contribution is 2.18. The molecule has 0 aliphatic rings. The highest BCUT2D eigenvalue weighted by molar-refractivity contribution is 5.95. The number of terminal acetylenes is 1. The lowest BCUT2D eigenvalue weighted by atomic mass is 10.1. The molecule has 0 spiro atoms. The third-order valence-corrected chi connectivity index (χ3v) is 2.51. The molecule has 3 N–H and O–H groups in total. The average molecular weight is 246 g/mol. The number of anilines is 1. The zero-order valence-corrected chi connectivity index (χ0v) is 10.7. The minimum absolute atomic E-state index is 0.239. The molecule has 1 unspecified atom stereocenters. The molecule has 1 atom stereocenters. The van der Waals surface area contributed by atoms with Crippen molar-refractivity contribution in [2.75, 3.05) is 12.8 Å². The molecule has 0 aromatic heterocycles. The summed E-state index contributed by atoms with van der Waals surface area (Å²) in [5.74, 6) is 2.86. The molecular weight excluding hydrogens is 228 g/mol. The molecule has 0 bridgehead atoms. The van der Waals surface area contributed by atoms with E-state index >= 15 is 0 Å². The van der Waals surface area contributed by atoms with E-state index in [4.69, 9.17) is 16.9 Å². The predicted molar refractivity (Wildman–Crippen MR) is 72.4 cm³/mol. The smallest absolute Gasteiger partial charge is 0.252 e. The summed E-state index contributed by atoms with van der Waals surface area (Å²) < 4.78 is 5.06. The number of ether oxygens (including phenoxy) is 1. The second-order valence-electron chi connectivity index (χ2n) is 3.98. The Labute approximate surface area is 108 Å². The zero-order valence-electron chi connectivity index (χ0n) is 10.7. The van der Waals surface area contributed by atoms with E-state index in [9.17, 15) is 4.79 Å². The van der Waals surface area contributed by atoms with Crippen molar-refractivity contribution in [1.82, 2.24) is 5.32 Å². The third kappa shape index (κ3) is 3.70. The Morgan fingerprint density at radius 3 is 2.83 bits per heavy atom. The van der Waals surface area contributed by atoms with Gasteiger partial charge in [0, 0.05) is 17.3 Å². The molecular formula is C14H18N2O2. The first-order chi connectivity index (χ1) is 8.60. The van der Waals surface area contributed by atoms with Gasteiger partial charge < -0.3 is 15.8 Å². The molecule has 0 fully saturated rings. The fraction of sp³-hybridized carbons (Fsp3) is 0.357. The second-order valence-corrected chi connectivity index (χ2v) is 3.98. The van der Waals surface area contributed by atoms with Crippen molar-refractivity contribution in [3.05, 3.63) is 23.8 Å². The van der Waals surface area contributed by atoms with Gasteiger partial charge >= 0.3 is 0 Å². The van der Waals surface area contributed by atoms with Crippen LogP contribution in [0, 0.1) is 12.3 Å². The van der Waals surface area contributed by atoms with Crippen molar-refractivity contribution in [1.29, 1.82) is 0 Å². The number of hydrogen-bond acceptors (Lipinski definition) is 3. The molecule has 1 amide bonds. The number of carbonyl (C=O) groups excluding carboxylic acids is 1. The summed E-state index contributed by atoms with van der Waals surface area (Å²) in [7, 11) is 1.53. The van der Waals surface area contributed by atoms with Crippen LogP contribution in [0.25, 0.3) is 0 Å². The molecule has 0 radical (unpaired) electrons. The largest absolute Gasteiger partial charge is 0.497 e. The lowest BCUT2D eigenvalue weighted by Gasteiger charge is -2.13. The topological polar surface area (TPSA) is 64.4 Å². The summed E-state index contributed by atoms with van der Waals surface area (Å²) >= 11 is 0. The van der Waals surface area contributed by atoms with Crippen molar-refractivity contribution < 1.29 is 9.53 Å². The normalized spacial score (nSPS) is 11.4. The van der Waals surface area contributed by atoms with Crippen molar-refractivity contribution in [2.45, 2.75) is 25.8 Å². The quantitative estimate of drug-likeness (QED) is 0.615. The Bertz CT molecular complexity index is 463. The second kappa shape index (κ2) is 6.55. The van der Waals surface area contributed by atoms with E-state index in [1.807, 2.05) is 6.92 Å². The van der Waals surface area contributed by atoms with Gasteiger partial charge in [-0.2, -0.15) is 0 Å². The van der Waals surface area contributed by atoms with Crippen LogP contribution in [0.1, 0.15) is 30.1 Å². The van der Waals surface area contributed by atoms with Crippen molar-refractivity contribution >= 4 is 11.6 Å². The van der Waals surface area contributed by atoms with Gasteiger partial charge in [0.2, 0.25) is 0 Å². The van der Waals surface area contributed by atoms with Gasteiger partial charge in [-0.3, -0.25) is 4.79 Å². The number of rotatable bonds is 5. The summed E-state index contributed by atoms with van der Waals surface area (Å²) in [6.45, 7) is 2.01. The van der Waals surface area contributed by atoms with E-state index in [-0.39, 0.29) is 11.9 Å². The van der Waals surface area contributed by atoms with Crippen molar-refractivity contribution in [3.63, 3.8) is 0 Å². The lowest BCUT2D eigenvalue weighted by Crippen LogP contribution is -2.33. The molecule has 0 aliphatic carbocycles. The van der Waals surface area contributed by atoms with Gasteiger partial charge in [0.05, 0.1) is 13.2 Å². The van der Waals surface area contributed by atoms with E-state index < -0.39 is 0 Å². The third-order valence-electron chi connectivity index (χ3n) is 2.51. The lowest BCUT2D eigenvalue weighted by molar-refractivity contribution is 0.0944. The van der Waals surface area contributed by atoms with Gasteiger partial charge in [-0.05, 0) is 18.6 Å². The molecule has 0 aliphatic heterocycles. The van der Waals surface area contributed by atoms with Crippen LogP contribution in [0.15, 0.2) is 18.2 Å². The van der Waals surface area contributed by atoms with Crippen molar-refractivity contribution in [3.8, 4) is 18.1 Å². The first kappa shape index (κ1) is 13.9. The number of nitrogens with two attached hydrogens (primary N) is 1. The van der Waals surface area contributed by atoms with Gasteiger partial charge in [-0.1, -0.05) is 19.3 Å². The van der Waals surface area contributed by atoms with E-state index in [0.29, 0.717) is 17.0 Å². The average Bonchev–Trinajstić information content (AvgIpc) is 2.37. The zero-order chi connectivity index (χ0) is 13.5. The molecule has 0 saturated heterocycles. The summed E-state index contributed by atoms with van der Waals surface area (Å²) in [6, 6.07) is 4.62. The van der Waals surface area contributed by atoms with Crippen LogP contribution in [0.5, 0.6) is 5.75 Å². The number of nitrogen functional groups attached to an aromatic ring is 1. The summed E-state index contributed by atoms with van der Waals surface area (Å²) in [4.78, 5) is 12.0. The van der Waals surface area contributed by atoms with Gasteiger partial charge in [-0.25, -0.2) is 0 Å². The summed E-state index contributed by atoms with van der Waals surface area (Å²) in [6.07, 6.45) is 7.02. The standard InChI is InChI=1S/C14H18N2O2/c1-4-6-12(5-2)16-14(17)10-7-11(15)9-13(8-10)18-3/h2,7-9,12H,4,6,15H2,1,3H3,(H,16,17). The maximum atomic E-state index is 12.0. The Morgan fingerprint density at radius 2 is 2.28 bits per heavy atom. The fourth-order valence-corrected chi connectivity index (χ4v) is 1.60. The molecule has 0 saturated carbocycles. The number of benzene rings is 1. The molecule has 18 heavy (non-hydrogen) atoms. The van der Waals surface area contributed by atoms with Crippen LogP contribution in [-0.2, 0) is 0 Å². The highest BCUT2D eigenvalue weighted by Gasteiger charge is 2.12. The Hall–Kier alpha value is -2.15. The maximum Gasteiger partial charge on any atom is 0.252 e. The number of carbonyl (C=O) groups is 1. The van der Waals surface area contributed by atoms with Crippen LogP contribution in [0.4, 0.5) is 5.69 Å². The van der Waals surface area contributed by atoms with Crippen LogP contribution < -0.4 is 15.8 Å². The minimum Gasteiger partial charge on any atom is -0.497 e. The Balaban J connectivity index is 2.84. The number of hydrogen-bond donors (Lipinski definition) is 2.